The van der Waals surface area contributed by atoms with Gasteiger partial charge in [0, 0.05) is 0 Å². The molecule has 2 atom stereocenters. The summed E-state index contributed by atoms with van der Waals surface area (Å²) in [5, 5.41) is 9.82. The van der Waals surface area contributed by atoms with E-state index in [1.54, 1.807) is 0 Å². The normalized spacial score (nSPS) is 36.2. The van der Waals surface area contributed by atoms with E-state index in [4.69, 9.17) is 0 Å². The van der Waals surface area contributed by atoms with Crippen LogP contribution in [0.15, 0.2) is 0 Å². The van der Waals surface area contributed by atoms with Crippen LogP contribution >= 0.6 is 0 Å². The fourth-order valence-corrected chi connectivity index (χ4v) is 0.976. The van der Waals surface area contributed by atoms with Gasteiger partial charge in [0.25, 0.3) is 0 Å². The quantitative estimate of drug-likeness (QED) is 0.282. The van der Waals surface area contributed by atoms with Crippen LogP contribution in [0.2, 0.25) is 0 Å². The Hall–Kier alpha value is 1.26. The predicted octanol–water partition coefficient (Wildman–Crippen LogP) is -9.40. The van der Waals surface area contributed by atoms with Crippen molar-refractivity contribution in [1.82, 2.24) is 0 Å². The summed E-state index contributed by atoms with van der Waals surface area (Å²) in [7, 11) is 1.48. The zero-order valence-corrected chi connectivity index (χ0v) is 8.30. The number of halogens is 2. The van der Waals surface area contributed by atoms with Gasteiger partial charge in [-0.3, -0.25) is 0 Å². The summed E-state index contributed by atoms with van der Waals surface area (Å²) in [6.45, 7) is 0. The van der Waals surface area contributed by atoms with Gasteiger partial charge >= 0.3 is 50.9 Å². The summed E-state index contributed by atoms with van der Waals surface area (Å²) in [4.78, 5) is 4.59. The maximum Gasteiger partial charge on any atom is -1.00 e. The smallest absolute Gasteiger partial charge is 1.00 e. The first-order chi connectivity index (χ1) is 3.34. The van der Waals surface area contributed by atoms with Gasteiger partial charge in [0.1, 0.15) is 0 Å². The molecule has 0 amide bonds. The minimum absolute atomic E-state index is 0. The van der Waals surface area contributed by atoms with Crippen LogP contribution in [0.25, 0.3) is 0 Å². The van der Waals surface area contributed by atoms with Crippen LogP contribution in [-0.4, -0.2) is 7.11 Å². The fraction of sp³-hybridized carbons (Fsp3) is 1.00. The van der Waals surface area contributed by atoms with Gasteiger partial charge < -0.3 is 24.0 Å². The third-order valence-corrected chi connectivity index (χ3v) is 2.42. The third kappa shape index (κ3) is 1.89. The van der Waals surface area contributed by atoms with E-state index in [2.05, 4.69) is 8.00 Å². The van der Waals surface area contributed by atoms with Crippen LogP contribution in [0.3, 0.4) is 0 Å². The molecule has 8 heavy (non-hydrogen) atoms. The van der Waals surface area contributed by atoms with Crippen LogP contribution in [0.5, 0.6) is 0 Å². The average molecular weight is 347 g/mol. The van der Waals surface area contributed by atoms with E-state index in [0.717, 1.165) is 0 Å². The van der Waals surface area contributed by atoms with E-state index < -0.39 is 21.9 Å². The summed E-state index contributed by atoms with van der Waals surface area (Å²) in [5.41, 5.74) is 0. The third-order valence-electron chi connectivity index (χ3n) is 0.518. The molecule has 1 heterocycles. The molecule has 52 valence electrons. The molecule has 0 aliphatic carbocycles. The molecule has 1 rings (SSSR count). The molecule has 0 aromatic rings. The topological polar surface area (TPSA) is 50.4 Å². The Kier molecular flexibility index (Phi) is 4.79. The molecule has 0 saturated carbocycles. The second-order valence-electron chi connectivity index (χ2n) is 0.920. The number of rotatable bonds is 1. The number of hydrogen-bond acceptors (Lipinski definition) is 3. The van der Waals surface area contributed by atoms with Gasteiger partial charge in [0.15, 0.2) is 0 Å². The molecule has 1 aliphatic heterocycles. The van der Waals surface area contributed by atoms with Crippen LogP contribution in [-0.2, 0) is 8.00 Å². The zero-order valence-electron chi connectivity index (χ0n) is 3.98. The monoisotopic (exact) mass is 347 g/mol. The first-order valence-electron chi connectivity index (χ1n) is 1.61. The molecule has 1 saturated heterocycles. The number of quaternary nitrogens is 2. The standard InChI is InChI=1S/CH5IN2O3.HI/c1-6-3-2-7-4(3)5;/h3-4H,1H3;1H/p-1. The number of hydrogen-bond donors (Lipinski definition) is 2. The van der Waals surface area contributed by atoms with Crippen molar-refractivity contribution in [3.63, 3.8) is 0 Å². The predicted molar refractivity (Wildman–Crippen MR) is 13.4 cm³/mol. The van der Waals surface area contributed by atoms with E-state index in [1.165, 1.54) is 7.11 Å². The van der Waals surface area contributed by atoms with Gasteiger partial charge in [-0.1, -0.05) is 0 Å². The summed E-state index contributed by atoms with van der Waals surface area (Å²) >= 11 is -0.470. The average Bonchev–Trinajstić information content (AvgIpc) is 1.65. The van der Waals surface area contributed by atoms with E-state index >= 15 is 0 Å². The van der Waals surface area contributed by atoms with E-state index in [9.17, 15) is 5.21 Å². The van der Waals surface area contributed by atoms with Gasteiger partial charge in [-0.05, 0) is 0 Å². The Morgan fingerprint density at radius 1 is 1.75 bits per heavy atom. The first-order valence-corrected chi connectivity index (χ1v) is 3.57. The molecule has 0 aromatic carbocycles. The summed E-state index contributed by atoms with van der Waals surface area (Å²) in [6, 6.07) is 0. The molecule has 1 aliphatic rings. The van der Waals surface area contributed by atoms with Gasteiger partial charge in [-0.15, -0.1) is 0 Å². The number of nitrogens with one attached hydrogen (secondary N) is 2. The SMILES string of the molecule is CO[NH+]1[I-]O[NH+]1[O-].[I-]. The molecule has 5 nitrogen and oxygen atoms in total. The van der Waals surface area contributed by atoms with E-state index in [-0.39, 0.29) is 29.3 Å². The van der Waals surface area contributed by atoms with Crippen molar-refractivity contribution in [3.8, 4) is 0 Å². The Labute approximate surface area is 74.5 Å². The van der Waals surface area contributed by atoms with Gasteiger partial charge in [0.05, 0.1) is 0 Å². The van der Waals surface area contributed by atoms with Crippen molar-refractivity contribution in [2.45, 2.75) is 0 Å². The van der Waals surface area contributed by atoms with Crippen molar-refractivity contribution in [3.05, 3.63) is 5.21 Å². The van der Waals surface area contributed by atoms with Crippen molar-refractivity contribution in [2.75, 3.05) is 7.11 Å². The second-order valence-corrected chi connectivity index (χ2v) is 2.78. The van der Waals surface area contributed by atoms with Crippen molar-refractivity contribution in [2.24, 2.45) is 0 Å². The second kappa shape index (κ2) is 4.14. The Bertz CT molecular complexity index is 70.3. The van der Waals surface area contributed by atoms with Crippen molar-refractivity contribution in [1.29, 1.82) is 0 Å². The molecule has 0 aromatic heterocycles. The van der Waals surface area contributed by atoms with Crippen LogP contribution in [0.4, 0.5) is 0 Å². The minimum Gasteiger partial charge on any atom is -1.00 e. The van der Waals surface area contributed by atoms with Gasteiger partial charge in [-0.2, -0.15) is 0 Å². The van der Waals surface area contributed by atoms with Gasteiger partial charge in [-0.25, -0.2) is 0 Å². The summed E-state index contributed by atoms with van der Waals surface area (Å²) < 4.78 is 4.97. The zero-order chi connectivity index (χ0) is 5.28. The Morgan fingerprint density at radius 2 is 2.38 bits per heavy atom. The van der Waals surface area contributed by atoms with Crippen LogP contribution in [0.1, 0.15) is 0 Å². The maximum atomic E-state index is 10.1. The Morgan fingerprint density at radius 3 is 2.38 bits per heavy atom. The van der Waals surface area contributed by atoms with Gasteiger partial charge in [0.2, 0.25) is 0 Å². The van der Waals surface area contributed by atoms with Crippen LogP contribution in [0, 0.1) is 5.21 Å². The van der Waals surface area contributed by atoms with E-state index in [1.807, 2.05) is 0 Å². The fourth-order valence-electron chi connectivity index (χ4n) is 0.216. The molecular formula is CH5I2N2O3-. The molecule has 1 fully saturated rings. The maximum absolute atomic E-state index is 10.1. The molecular weight excluding hydrogens is 342 g/mol. The van der Waals surface area contributed by atoms with E-state index in [0.29, 0.717) is 3.39 Å². The summed E-state index contributed by atoms with van der Waals surface area (Å²) in [5.74, 6) is 0. The first kappa shape index (κ1) is 9.26. The van der Waals surface area contributed by atoms with Crippen LogP contribution < -0.4 is 54.6 Å². The van der Waals surface area contributed by atoms with Crippen molar-refractivity contribution >= 4 is 0 Å². The molecule has 0 bridgehead atoms. The molecule has 7 heteroatoms. The molecule has 0 spiro atoms. The molecule has 2 N–H and O–H groups in total. The molecule has 0 radical (unpaired) electrons. The summed E-state index contributed by atoms with van der Waals surface area (Å²) in [6.07, 6.45) is 0. The Balaban J connectivity index is 0.000000490. The van der Waals surface area contributed by atoms with Crippen molar-refractivity contribution < 1.29 is 62.6 Å². The molecule has 2 unspecified atom stereocenters. The minimum atomic E-state index is -0.470. The largest absolute Gasteiger partial charge is 1.00 e.